The van der Waals surface area contributed by atoms with Crippen LogP contribution in [0.15, 0.2) is 48.5 Å². The van der Waals surface area contributed by atoms with Crippen molar-refractivity contribution in [1.29, 1.82) is 0 Å². The fourth-order valence-electron chi connectivity index (χ4n) is 3.45. The number of hydrogen-bond donors (Lipinski definition) is 1. The zero-order chi connectivity index (χ0) is 20.9. The molecule has 1 aromatic heterocycles. The minimum Gasteiger partial charge on any atom is -0.497 e. The van der Waals surface area contributed by atoms with Gasteiger partial charge in [-0.3, -0.25) is 9.69 Å². The van der Waals surface area contributed by atoms with Crippen LogP contribution in [0.5, 0.6) is 5.75 Å². The fraction of sp³-hybridized carbons (Fsp3) is 0.318. The second-order valence-electron chi connectivity index (χ2n) is 7.29. The first-order valence-corrected chi connectivity index (χ1v) is 10.7. The lowest BCUT2D eigenvalue weighted by Gasteiger charge is -2.35. The lowest BCUT2D eigenvalue weighted by atomic mass is 10.2. The van der Waals surface area contributed by atoms with E-state index in [1.54, 1.807) is 31.4 Å². The van der Waals surface area contributed by atoms with Crippen LogP contribution >= 0.6 is 11.3 Å². The van der Waals surface area contributed by atoms with Crippen LogP contribution < -0.4 is 15.0 Å². The van der Waals surface area contributed by atoms with E-state index < -0.39 is 0 Å². The number of amides is 1. The van der Waals surface area contributed by atoms with Crippen molar-refractivity contribution in [3.05, 3.63) is 64.1 Å². The molecular weight excluding hydrogens is 398 g/mol. The van der Waals surface area contributed by atoms with Crippen LogP contribution in [-0.4, -0.2) is 54.3 Å². The first kappa shape index (κ1) is 20.3. The molecule has 3 aromatic rings. The molecular formula is C22H25N5O2S. The number of aromatic nitrogens is 2. The third-order valence-corrected chi connectivity index (χ3v) is 6.01. The lowest BCUT2D eigenvalue weighted by molar-refractivity contribution is 0.102. The van der Waals surface area contributed by atoms with Gasteiger partial charge in [0.2, 0.25) is 5.01 Å². The summed E-state index contributed by atoms with van der Waals surface area (Å²) in [6, 6.07) is 15.8. The van der Waals surface area contributed by atoms with Gasteiger partial charge in [-0.1, -0.05) is 23.5 Å². The molecule has 1 N–H and O–H groups in total. The van der Waals surface area contributed by atoms with Gasteiger partial charge in [0.25, 0.3) is 5.91 Å². The topological polar surface area (TPSA) is 70.6 Å². The number of anilines is 2. The van der Waals surface area contributed by atoms with E-state index in [1.807, 2.05) is 0 Å². The Morgan fingerprint density at radius 1 is 1.10 bits per heavy atom. The molecule has 7 nitrogen and oxygen atoms in total. The molecule has 2 heterocycles. The van der Waals surface area contributed by atoms with E-state index in [-0.39, 0.29) is 5.91 Å². The Hall–Kier alpha value is -2.97. The van der Waals surface area contributed by atoms with E-state index in [4.69, 9.17) is 4.74 Å². The van der Waals surface area contributed by atoms with Crippen molar-refractivity contribution in [2.24, 2.45) is 0 Å². The summed E-state index contributed by atoms with van der Waals surface area (Å²) < 4.78 is 5.13. The van der Waals surface area contributed by atoms with Crippen molar-refractivity contribution in [3.63, 3.8) is 0 Å². The van der Waals surface area contributed by atoms with Crippen molar-refractivity contribution >= 4 is 28.6 Å². The van der Waals surface area contributed by atoms with Crippen LogP contribution in [0, 0.1) is 6.92 Å². The van der Waals surface area contributed by atoms with Crippen molar-refractivity contribution in [1.82, 2.24) is 15.1 Å². The van der Waals surface area contributed by atoms with Gasteiger partial charge in [-0.2, -0.15) is 0 Å². The van der Waals surface area contributed by atoms with Gasteiger partial charge in [0.15, 0.2) is 0 Å². The molecule has 156 valence electrons. The molecule has 0 atom stereocenters. The molecule has 8 heteroatoms. The number of methoxy groups -OCH3 is 1. The first-order chi connectivity index (χ1) is 14.6. The third-order valence-electron chi connectivity index (χ3n) is 5.11. The van der Waals surface area contributed by atoms with Gasteiger partial charge in [-0.25, -0.2) is 0 Å². The van der Waals surface area contributed by atoms with Gasteiger partial charge in [-0.05, 0) is 48.9 Å². The highest BCUT2D eigenvalue weighted by Gasteiger charge is 2.20. The van der Waals surface area contributed by atoms with Gasteiger partial charge >= 0.3 is 0 Å². The summed E-state index contributed by atoms with van der Waals surface area (Å²) in [5, 5.41) is 12.4. The quantitative estimate of drug-likeness (QED) is 0.655. The Kier molecular flexibility index (Phi) is 6.25. The predicted molar refractivity (Wildman–Crippen MR) is 120 cm³/mol. The van der Waals surface area contributed by atoms with E-state index in [0.29, 0.717) is 10.7 Å². The largest absolute Gasteiger partial charge is 0.497 e. The SMILES string of the molecule is COc1ccc(NC(=O)c2nnc(CN3CCN(c4cccc(C)c4)CC3)s2)cc1. The molecule has 0 bridgehead atoms. The number of carbonyl (C=O) groups excluding carboxylic acids is 1. The van der Waals surface area contributed by atoms with E-state index in [9.17, 15) is 4.79 Å². The molecule has 1 aliphatic heterocycles. The minimum absolute atomic E-state index is 0.242. The average molecular weight is 424 g/mol. The number of carbonyl (C=O) groups is 1. The second kappa shape index (κ2) is 9.23. The standard InChI is InChI=1S/C22H25N5O2S/c1-16-4-3-5-18(14-16)27-12-10-26(11-13-27)15-20-24-25-22(30-20)21(28)23-17-6-8-19(29-2)9-7-17/h3-9,14H,10-13,15H2,1-2H3,(H,23,28). The van der Waals surface area contributed by atoms with E-state index >= 15 is 0 Å². The molecule has 1 fully saturated rings. The normalized spacial score (nSPS) is 14.5. The molecule has 0 unspecified atom stereocenters. The molecule has 0 saturated carbocycles. The smallest absolute Gasteiger partial charge is 0.286 e. The Bertz CT molecular complexity index is 997. The summed E-state index contributed by atoms with van der Waals surface area (Å²) in [6.07, 6.45) is 0. The Morgan fingerprint density at radius 3 is 2.57 bits per heavy atom. The lowest BCUT2D eigenvalue weighted by Crippen LogP contribution is -2.45. The van der Waals surface area contributed by atoms with Gasteiger partial charge in [0, 0.05) is 37.6 Å². The first-order valence-electron chi connectivity index (χ1n) is 9.92. The number of rotatable bonds is 6. The summed E-state index contributed by atoms with van der Waals surface area (Å²) in [5.41, 5.74) is 3.26. The molecule has 30 heavy (non-hydrogen) atoms. The number of nitrogens with zero attached hydrogens (tertiary/aromatic N) is 4. The number of benzene rings is 2. The molecule has 0 aliphatic carbocycles. The summed E-state index contributed by atoms with van der Waals surface area (Å²) in [4.78, 5) is 17.2. The average Bonchev–Trinajstić information content (AvgIpc) is 3.23. The highest BCUT2D eigenvalue weighted by atomic mass is 32.1. The number of hydrogen-bond acceptors (Lipinski definition) is 7. The van der Waals surface area contributed by atoms with E-state index in [2.05, 4.69) is 56.5 Å². The van der Waals surface area contributed by atoms with Crippen molar-refractivity contribution in [3.8, 4) is 5.75 Å². The second-order valence-corrected chi connectivity index (χ2v) is 8.35. The van der Waals surface area contributed by atoms with Crippen LogP contribution in [0.4, 0.5) is 11.4 Å². The van der Waals surface area contributed by atoms with Gasteiger partial charge in [0.1, 0.15) is 10.8 Å². The number of ether oxygens (including phenoxy) is 1. The summed E-state index contributed by atoms with van der Waals surface area (Å²) in [7, 11) is 1.61. The van der Waals surface area contributed by atoms with E-state index in [1.165, 1.54) is 22.6 Å². The van der Waals surface area contributed by atoms with Crippen LogP contribution in [0.2, 0.25) is 0 Å². The zero-order valence-electron chi connectivity index (χ0n) is 17.2. The highest BCUT2D eigenvalue weighted by molar-refractivity contribution is 7.13. The van der Waals surface area contributed by atoms with Crippen molar-refractivity contribution in [2.45, 2.75) is 13.5 Å². The molecule has 0 spiro atoms. The maximum absolute atomic E-state index is 12.4. The Labute approximate surface area is 180 Å². The van der Waals surface area contributed by atoms with E-state index in [0.717, 1.165) is 43.5 Å². The Balaban J connectivity index is 1.29. The predicted octanol–water partition coefficient (Wildman–Crippen LogP) is 3.43. The molecule has 1 amide bonds. The molecule has 0 radical (unpaired) electrons. The maximum atomic E-state index is 12.4. The molecule has 4 rings (SSSR count). The van der Waals surface area contributed by atoms with Crippen LogP contribution in [-0.2, 0) is 6.54 Å². The summed E-state index contributed by atoms with van der Waals surface area (Å²) in [6.45, 7) is 6.72. The zero-order valence-corrected chi connectivity index (χ0v) is 18.0. The van der Waals surface area contributed by atoms with Crippen LogP contribution in [0.1, 0.15) is 20.4 Å². The maximum Gasteiger partial charge on any atom is 0.286 e. The molecule has 1 saturated heterocycles. The van der Waals surface area contributed by atoms with Crippen molar-refractivity contribution < 1.29 is 9.53 Å². The van der Waals surface area contributed by atoms with Crippen LogP contribution in [0.25, 0.3) is 0 Å². The van der Waals surface area contributed by atoms with Gasteiger partial charge < -0.3 is 15.0 Å². The fourth-order valence-corrected chi connectivity index (χ4v) is 4.23. The minimum atomic E-state index is -0.242. The third kappa shape index (κ3) is 4.95. The highest BCUT2D eigenvalue weighted by Crippen LogP contribution is 2.20. The number of aryl methyl sites for hydroxylation is 1. The molecule has 1 aliphatic rings. The van der Waals surface area contributed by atoms with Gasteiger partial charge in [-0.15, -0.1) is 10.2 Å². The monoisotopic (exact) mass is 423 g/mol. The Morgan fingerprint density at radius 2 is 1.87 bits per heavy atom. The summed E-state index contributed by atoms with van der Waals surface area (Å²) in [5.74, 6) is 0.502. The van der Waals surface area contributed by atoms with Gasteiger partial charge in [0.05, 0.1) is 13.7 Å². The van der Waals surface area contributed by atoms with Crippen molar-refractivity contribution in [2.75, 3.05) is 43.5 Å². The summed E-state index contributed by atoms with van der Waals surface area (Å²) >= 11 is 1.35. The van der Waals surface area contributed by atoms with Crippen LogP contribution in [0.3, 0.4) is 0 Å². The number of piperazine rings is 1. The molecule has 2 aromatic carbocycles. The number of nitrogens with one attached hydrogen (secondary N) is 1.